The van der Waals surface area contributed by atoms with E-state index in [2.05, 4.69) is 19.1 Å². The number of hydrogen-bond acceptors (Lipinski definition) is 3. The maximum atomic E-state index is 12.0. The molecule has 0 atom stereocenters. The Morgan fingerprint density at radius 3 is 0.847 bits per heavy atom. The fourth-order valence-corrected chi connectivity index (χ4v) is 8.63. The predicted octanol–water partition coefficient (Wildman–Crippen LogP) is 19.3. The largest absolute Gasteiger partial charge is 0.481 e. The van der Waals surface area contributed by atoms with Gasteiger partial charge >= 0.3 is 11.9 Å². The molecular formula is C55H106O4. The molecule has 0 unspecified atom stereocenters. The summed E-state index contributed by atoms with van der Waals surface area (Å²) in [6.45, 7) is 2.91. The van der Waals surface area contributed by atoms with Crippen molar-refractivity contribution >= 4 is 11.9 Å². The second-order valence-corrected chi connectivity index (χ2v) is 18.7. The van der Waals surface area contributed by atoms with E-state index < -0.39 is 5.97 Å². The van der Waals surface area contributed by atoms with Crippen molar-refractivity contribution < 1.29 is 19.4 Å². The summed E-state index contributed by atoms with van der Waals surface area (Å²) in [5, 5.41) is 8.67. The van der Waals surface area contributed by atoms with Gasteiger partial charge in [0.1, 0.15) is 0 Å². The van der Waals surface area contributed by atoms with Crippen LogP contribution >= 0.6 is 0 Å². The summed E-state index contributed by atoms with van der Waals surface area (Å²) in [5.41, 5.74) is 0. The maximum Gasteiger partial charge on any atom is 0.305 e. The minimum atomic E-state index is -0.651. The van der Waals surface area contributed by atoms with Gasteiger partial charge in [0.05, 0.1) is 6.61 Å². The maximum absolute atomic E-state index is 12.0. The van der Waals surface area contributed by atoms with Gasteiger partial charge in [-0.3, -0.25) is 9.59 Å². The zero-order valence-corrected chi connectivity index (χ0v) is 40.2. The number of carbonyl (C=O) groups is 2. The Bertz CT molecular complexity index is 837. The number of esters is 1. The molecule has 350 valence electrons. The van der Waals surface area contributed by atoms with Gasteiger partial charge < -0.3 is 9.84 Å². The number of hydrogen-bond donors (Lipinski definition) is 1. The highest BCUT2D eigenvalue weighted by atomic mass is 16.5. The van der Waals surface area contributed by atoms with Crippen LogP contribution in [0.3, 0.4) is 0 Å². The normalized spacial score (nSPS) is 11.6. The van der Waals surface area contributed by atoms with E-state index in [9.17, 15) is 9.59 Å². The highest BCUT2D eigenvalue weighted by Gasteiger charge is 2.03. The van der Waals surface area contributed by atoms with Gasteiger partial charge in [-0.15, -0.1) is 0 Å². The first-order valence-electron chi connectivity index (χ1n) is 27.2. The summed E-state index contributed by atoms with van der Waals surface area (Å²) in [5.74, 6) is -0.631. The van der Waals surface area contributed by atoms with Crippen molar-refractivity contribution in [2.45, 2.75) is 322 Å². The zero-order valence-electron chi connectivity index (χ0n) is 40.2. The highest BCUT2D eigenvalue weighted by molar-refractivity contribution is 5.69. The van der Waals surface area contributed by atoms with Gasteiger partial charge in [0.15, 0.2) is 0 Å². The molecule has 0 aliphatic rings. The van der Waals surface area contributed by atoms with Crippen LogP contribution in [-0.4, -0.2) is 23.7 Å². The van der Waals surface area contributed by atoms with Gasteiger partial charge in [-0.1, -0.05) is 276 Å². The van der Waals surface area contributed by atoms with Gasteiger partial charge in [0.25, 0.3) is 0 Å². The summed E-state index contributed by atoms with van der Waals surface area (Å²) < 4.78 is 5.49. The molecule has 0 bridgehead atoms. The fourth-order valence-electron chi connectivity index (χ4n) is 8.63. The average molecular weight is 831 g/mol. The van der Waals surface area contributed by atoms with E-state index in [0.29, 0.717) is 19.4 Å². The molecule has 0 fully saturated rings. The summed E-state index contributed by atoms with van der Waals surface area (Å²) in [7, 11) is 0. The third-order valence-corrected chi connectivity index (χ3v) is 12.7. The molecule has 4 heteroatoms. The number of rotatable bonds is 52. The van der Waals surface area contributed by atoms with Crippen LogP contribution in [0.5, 0.6) is 0 Å². The Hall–Kier alpha value is -1.32. The fraction of sp³-hybridized carbons (Fsp3) is 0.927. The highest BCUT2D eigenvalue weighted by Crippen LogP contribution is 2.18. The van der Waals surface area contributed by atoms with E-state index in [-0.39, 0.29) is 5.97 Å². The van der Waals surface area contributed by atoms with Gasteiger partial charge in [-0.2, -0.15) is 0 Å². The number of carboxylic acids is 1. The number of unbranched alkanes of at least 4 members (excludes halogenated alkanes) is 44. The van der Waals surface area contributed by atoms with Gasteiger partial charge in [0.2, 0.25) is 0 Å². The van der Waals surface area contributed by atoms with E-state index in [1.54, 1.807) is 0 Å². The van der Waals surface area contributed by atoms with E-state index in [0.717, 1.165) is 25.7 Å². The minimum absolute atomic E-state index is 0.0201. The Balaban J connectivity index is 3.15. The van der Waals surface area contributed by atoms with Gasteiger partial charge in [-0.05, 0) is 44.9 Å². The number of carbonyl (C=O) groups excluding carboxylic acids is 1. The van der Waals surface area contributed by atoms with E-state index in [4.69, 9.17) is 9.84 Å². The van der Waals surface area contributed by atoms with Crippen molar-refractivity contribution in [3.8, 4) is 0 Å². The number of allylic oxidation sites excluding steroid dienone is 2. The van der Waals surface area contributed by atoms with Crippen LogP contribution in [-0.2, 0) is 14.3 Å². The SMILES string of the molecule is CCCCCCCCC=CCCCCCCCCCC(=O)OCCCCCCCCCCCCCCCCCCCCCCCCCCCCCCCCCCC(=O)O. The number of aliphatic carboxylic acids is 1. The van der Waals surface area contributed by atoms with Crippen molar-refractivity contribution in [3.05, 3.63) is 12.2 Å². The molecule has 1 N–H and O–H groups in total. The van der Waals surface area contributed by atoms with Crippen molar-refractivity contribution in [2.75, 3.05) is 6.61 Å². The predicted molar refractivity (Wildman–Crippen MR) is 260 cm³/mol. The van der Waals surface area contributed by atoms with E-state index in [1.807, 2.05) is 0 Å². The molecule has 0 radical (unpaired) electrons. The lowest BCUT2D eigenvalue weighted by molar-refractivity contribution is -0.144. The van der Waals surface area contributed by atoms with Crippen molar-refractivity contribution in [1.82, 2.24) is 0 Å². The molecule has 0 rings (SSSR count). The van der Waals surface area contributed by atoms with Crippen molar-refractivity contribution in [3.63, 3.8) is 0 Å². The van der Waals surface area contributed by atoms with Gasteiger partial charge in [0, 0.05) is 12.8 Å². The molecule has 0 heterocycles. The van der Waals surface area contributed by atoms with Gasteiger partial charge in [-0.25, -0.2) is 0 Å². The molecule has 0 aliphatic heterocycles. The summed E-state index contributed by atoms with van der Waals surface area (Å²) in [4.78, 5) is 22.6. The third-order valence-electron chi connectivity index (χ3n) is 12.7. The Labute approximate surface area is 370 Å². The lowest BCUT2D eigenvalue weighted by Gasteiger charge is -2.06. The topological polar surface area (TPSA) is 63.6 Å². The first-order chi connectivity index (χ1) is 29.2. The molecule has 0 aromatic rings. The number of ether oxygens (including phenoxy) is 1. The standard InChI is InChI=1S/C55H106O4/c1-2-3-4-5-6-7-8-9-10-27-31-34-37-40-43-46-49-52-55(58)59-53-50-47-44-41-38-35-32-29-26-24-22-20-18-16-14-12-11-13-15-17-19-21-23-25-28-30-33-36-39-42-45-48-51-54(56)57/h9-10H,2-8,11-53H2,1H3,(H,56,57). The second kappa shape index (κ2) is 52.8. The summed E-state index contributed by atoms with van der Waals surface area (Å²) in [6.07, 6.45) is 68.8. The van der Waals surface area contributed by atoms with Crippen molar-refractivity contribution in [2.24, 2.45) is 0 Å². The second-order valence-electron chi connectivity index (χ2n) is 18.7. The molecule has 0 spiro atoms. The van der Waals surface area contributed by atoms with Crippen LogP contribution in [0.25, 0.3) is 0 Å². The lowest BCUT2D eigenvalue weighted by Crippen LogP contribution is -2.05. The molecule has 59 heavy (non-hydrogen) atoms. The minimum Gasteiger partial charge on any atom is -0.481 e. The Morgan fingerprint density at radius 2 is 0.559 bits per heavy atom. The monoisotopic (exact) mass is 831 g/mol. The molecule has 0 amide bonds. The molecule has 4 nitrogen and oxygen atoms in total. The molecule has 0 aromatic carbocycles. The molecule has 0 aliphatic carbocycles. The van der Waals surface area contributed by atoms with Crippen LogP contribution in [0.1, 0.15) is 322 Å². The lowest BCUT2D eigenvalue weighted by atomic mass is 10.0. The van der Waals surface area contributed by atoms with Crippen LogP contribution in [0, 0.1) is 0 Å². The van der Waals surface area contributed by atoms with E-state index in [1.165, 1.54) is 276 Å². The van der Waals surface area contributed by atoms with Crippen LogP contribution in [0.2, 0.25) is 0 Å². The summed E-state index contributed by atoms with van der Waals surface area (Å²) in [6, 6.07) is 0. The number of carboxylic acid groups (broad SMARTS) is 1. The van der Waals surface area contributed by atoms with Crippen LogP contribution < -0.4 is 0 Å². The quantitative estimate of drug-likeness (QED) is 0.0377. The molecule has 0 saturated carbocycles. The Morgan fingerprint density at radius 1 is 0.322 bits per heavy atom. The van der Waals surface area contributed by atoms with Crippen LogP contribution in [0.15, 0.2) is 12.2 Å². The smallest absolute Gasteiger partial charge is 0.305 e. The molecule has 0 saturated heterocycles. The summed E-state index contributed by atoms with van der Waals surface area (Å²) >= 11 is 0. The Kier molecular flexibility index (Phi) is 51.6. The first kappa shape index (κ1) is 57.7. The molecular weight excluding hydrogens is 725 g/mol. The zero-order chi connectivity index (χ0) is 42.6. The average Bonchev–Trinajstić information content (AvgIpc) is 3.23. The van der Waals surface area contributed by atoms with E-state index >= 15 is 0 Å². The first-order valence-corrected chi connectivity index (χ1v) is 27.2. The van der Waals surface area contributed by atoms with Crippen molar-refractivity contribution in [1.29, 1.82) is 0 Å². The van der Waals surface area contributed by atoms with Crippen LogP contribution in [0.4, 0.5) is 0 Å². The third kappa shape index (κ3) is 54.7. The molecule has 0 aromatic heterocycles.